The highest BCUT2D eigenvalue weighted by molar-refractivity contribution is 6.51. The molecule has 1 aliphatic rings. The Kier molecular flexibility index (Phi) is 5.68. The van der Waals surface area contributed by atoms with Gasteiger partial charge in [0.05, 0.1) is 16.5 Å². The smallest absolute Gasteiger partial charge is 0.335 e. The van der Waals surface area contributed by atoms with Crippen molar-refractivity contribution in [3.8, 4) is 0 Å². The number of amides is 1. The standard InChI is InChI=1S/C25H18N2O7/c1-14-8-10-15(11-9-14)22(28)20-21(16-4-2-7-19(12-16)27(33)34)26(24(30)23(20)29)18-6-3-5-17(13-18)25(31)32/h2-13,21,28H,1H3,(H,31,32)/p-1/t21-/m0/s1. The highest BCUT2D eigenvalue weighted by Crippen LogP contribution is 2.42. The first kappa shape index (κ1) is 22.4. The summed E-state index contributed by atoms with van der Waals surface area (Å²) in [4.78, 5) is 49.4. The van der Waals surface area contributed by atoms with Crippen LogP contribution in [-0.2, 0) is 9.59 Å². The van der Waals surface area contributed by atoms with E-state index in [-0.39, 0.29) is 33.6 Å². The summed E-state index contributed by atoms with van der Waals surface area (Å²) in [6, 6.07) is 15.8. The molecule has 0 aromatic heterocycles. The molecule has 9 heteroatoms. The number of rotatable bonds is 5. The van der Waals surface area contributed by atoms with E-state index in [1.807, 2.05) is 6.92 Å². The molecule has 0 aliphatic carbocycles. The predicted octanol–water partition coefficient (Wildman–Crippen LogP) is 3.03. The van der Waals surface area contributed by atoms with E-state index in [1.54, 1.807) is 12.1 Å². The third-order valence-electron chi connectivity index (χ3n) is 5.52. The van der Waals surface area contributed by atoms with Crippen LogP contribution in [0.25, 0.3) is 5.76 Å². The zero-order chi connectivity index (χ0) is 24.6. The van der Waals surface area contributed by atoms with Gasteiger partial charge in [-0.1, -0.05) is 53.8 Å². The van der Waals surface area contributed by atoms with Gasteiger partial charge in [-0.25, -0.2) is 4.79 Å². The predicted molar refractivity (Wildman–Crippen MR) is 120 cm³/mol. The van der Waals surface area contributed by atoms with Gasteiger partial charge < -0.3 is 10.2 Å². The second kappa shape index (κ2) is 8.62. The molecule has 4 rings (SSSR count). The van der Waals surface area contributed by atoms with Crippen LogP contribution >= 0.6 is 0 Å². The highest BCUT2D eigenvalue weighted by atomic mass is 16.6. The average molecular weight is 457 g/mol. The summed E-state index contributed by atoms with van der Waals surface area (Å²) in [7, 11) is 0. The molecule has 1 heterocycles. The van der Waals surface area contributed by atoms with E-state index in [2.05, 4.69) is 0 Å². The number of carbonyl (C=O) groups excluding carboxylic acids is 2. The number of ketones is 1. The number of aryl methyl sites for hydroxylation is 1. The van der Waals surface area contributed by atoms with Gasteiger partial charge in [0.25, 0.3) is 11.6 Å². The first-order valence-electron chi connectivity index (χ1n) is 10.1. The maximum atomic E-state index is 13.4. The zero-order valence-corrected chi connectivity index (χ0v) is 17.8. The van der Waals surface area contributed by atoms with Crippen molar-refractivity contribution in [2.75, 3.05) is 4.90 Å². The lowest BCUT2D eigenvalue weighted by atomic mass is 9.94. The van der Waals surface area contributed by atoms with Crippen LogP contribution in [0.2, 0.25) is 0 Å². The lowest BCUT2D eigenvalue weighted by molar-refractivity contribution is -0.384. The number of benzene rings is 3. The molecule has 0 saturated carbocycles. The topological polar surface area (TPSA) is 141 Å². The maximum absolute atomic E-state index is 13.4. The molecule has 1 N–H and O–H groups in total. The molecule has 0 spiro atoms. The van der Waals surface area contributed by atoms with Gasteiger partial charge in [-0.15, -0.1) is 0 Å². The van der Waals surface area contributed by atoms with Crippen LogP contribution in [0.4, 0.5) is 11.4 Å². The van der Waals surface area contributed by atoms with E-state index in [9.17, 15) is 34.7 Å². The minimum Gasteiger partial charge on any atom is -0.872 e. The Morgan fingerprint density at radius 3 is 2.29 bits per heavy atom. The fourth-order valence-corrected chi connectivity index (χ4v) is 3.86. The Morgan fingerprint density at radius 2 is 1.65 bits per heavy atom. The molecule has 170 valence electrons. The average Bonchev–Trinajstić information content (AvgIpc) is 3.09. The fraction of sp³-hybridized carbons (Fsp3) is 0.0800. The van der Waals surface area contributed by atoms with Gasteiger partial charge in [-0.05, 0) is 36.2 Å². The van der Waals surface area contributed by atoms with E-state index in [4.69, 9.17) is 0 Å². The van der Waals surface area contributed by atoms with Crippen molar-refractivity contribution in [2.45, 2.75) is 13.0 Å². The minimum atomic E-state index is -1.28. The molecule has 1 atom stereocenters. The van der Waals surface area contributed by atoms with Crippen LogP contribution in [0.1, 0.15) is 33.1 Å². The van der Waals surface area contributed by atoms with Gasteiger partial charge in [0.2, 0.25) is 5.78 Å². The summed E-state index contributed by atoms with van der Waals surface area (Å²) in [6.07, 6.45) is 0. The van der Waals surface area contributed by atoms with Crippen molar-refractivity contribution in [3.05, 3.63) is 111 Å². The van der Waals surface area contributed by atoms with E-state index >= 15 is 0 Å². The SMILES string of the molecule is Cc1ccc(C([O-])=C2C(=O)C(=O)N(c3cccc(C(=O)O)c3)[C@H]2c2cccc([N+](=O)[O-])c2)cc1. The van der Waals surface area contributed by atoms with Crippen LogP contribution in [0.15, 0.2) is 78.4 Å². The van der Waals surface area contributed by atoms with Crippen molar-refractivity contribution >= 4 is 34.8 Å². The Labute approximate surface area is 193 Å². The molecule has 0 radical (unpaired) electrons. The molecule has 0 bridgehead atoms. The van der Waals surface area contributed by atoms with Gasteiger partial charge in [0.15, 0.2) is 0 Å². The zero-order valence-electron chi connectivity index (χ0n) is 17.8. The van der Waals surface area contributed by atoms with E-state index in [0.717, 1.165) is 10.5 Å². The molecule has 1 amide bonds. The molecule has 9 nitrogen and oxygen atoms in total. The molecule has 3 aromatic rings. The number of non-ortho nitro benzene ring substituents is 1. The van der Waals surface area contributed by atoms with Crippen molar-refractivity contribution in [1.82, 2.24) is 0 Å². The molecule has 34 heavy (non-hydrogen) atoms. The molecule has 1 saturated heterocycles. The molecular formula is C25H17N2O7-. The number of hydrogen-bond donors (Lipinski definition) is 1. The summed E-state index contributed by atoms with van der Waals surface area (Å²) in [5.41, 5.74) is 0.525. The lowest BCUT2D eigenvalue weighted by Gasteiger charge is -2.27. The number of aromatic carboxylic acids is 1. The number of anilines is 1. The number of carbonyl (C=O) groups is 3. The minimum absolute atomic E-state index is 0.0708. The first-order valence-corrected chi connectivity index (χ1v) is 10.1. The van der Waals surface area contributed by atoms with E-state index in [1.165, 1.54) is 60.7 Å². The second-order valence-electron chi connectivity index (χ2n) is 7.72. The largest absolute Gasteiger partial charge is 0.872 e. The summed E-state index contributed by atoms with van der Waals surface area (Å²) in [5, 5.41) is 34.1. The Morgan fingerprint density at radius 1 is 0.971 bits per heavy atom. The number of carboxylic acid groups (broad SMARTS) is 1. The Hall–Kier alpha value is -4.79. The fourth-order valence-electron chi connectivity index (χ4n) is 3.86. The third kappa shape index (κ3) is 3.90. The van der Waals surface area contributed by atoms with Crippen molar-refractivity contribution in [2.24, 2.45) is 0 Å². The second-order valence-corrected chi connectivity index (χ2v) is 7.72. The lowest BCUT2D eigenvalue weighted by Crippen LogP contribution is -2.29. The first-order chi connectivity index (χ1) is 16.2. The summed E-state index contributed by atoms with van der Waals surface area (Å²) in [5.74, 6) is -4.02. The molecule has 0 unspecified atom stereocenters. The number of carboxylic acids is 1. The number of hydrogen-bond acceptors (Lipinski definition) is 6. The van der Waals surface area contributed by atoms with Gasteiger partial charge >= 0.3 is 5.97 Å². The number of Topliss-reactive ketones (excluding diaryl/α,β-unsaturated/α-hetero) is 1. The molecule has 1 fully saturated rings. The van der Waals surface area contributed by atoms with E-state index < -0.39 is 34.4 Å². The number of nitrogens with zero attached hydrogens (tertiary/aromatic N) is 2. The monoisotopic (exact) mass is 457 g/mol. The Balaban J connectivity index is 1.98. The van der Waals surface area contributed by atoms with Crippen molar-refractivity contribution in [1.29, 1.82) is 0 Å². The van der Waals surface area contributed by atoms with Crippen LogP contribution in [0, 0.1) is 17.0 Å². The summed E-state index contributed by atoms with van der Waals surface area (Å²) >= 11 is 0. The molecule has 1 aliphatic heterocycles. The number of nitro benzene ring substituents is 1. The van der Waals surface area contributed by atoms with Crippen LogP contribution in [-0.4, -0.2) is 27.7 Å². The summed E-state index contributed by atoms with van der Waals surface area (Å²) in [6.45, 7) is 1.83. The summed E-state index contributed by atoms with van der Waals surface area (Å²) < 4.78 is 0. The molecular weight excluding hydrogens is 440 g/mol. The van der Waals surface area contributed by atoms with Gasteiger partial charge in [0, 0.05) is 23.4 Å². The van der Waals surface area contributed by atoms with Gasteiger partial charge in [0.1, 0.15) is 0 Å². The third-order valence-corrected chi connectivity index (χ3v) is 5.52. The van der Waals surface area contributed by atoms with Crippen LogP contribution in [0.5, 0.6) is 0 Å². The van der Waals surface area contributed by atoms with Gasteiger partial charge in [-0.2, -0.15) is 0 Å². The van der Waals surface area contributed by atoms with Gasteiger partial charge in [-0.3, -0.25) is 24.6 Å². The van der Waals surface area contributed by atoms with Crippen LogP contribution < -0.4 is 10.0 Å². The highest BCUT2D eigenvalue weighted by Gasteiger charge is 2.45. The Bertz CT molecular complexity index is 1380. The quantitative estimate of drug-likeness (QED) is 0.204. The molecule has 3 aromatic carbocycles. The normalized spacial score (nSPS) is 17.1. The number of nitro groups is 1. The maximum Gasteiger partial charge on any atom is 0.335 e. The van der Waals surface area contributed by atoms with Crippen LogP contribution in [0.3, 0.4) is 0 Å². The van der Waals surface area contributed by atoms with Crippen molar-refractivity contribution < 1.29 is 29.5 Å². The van der Waals surface area contributed by atoms with E-state index in [0.29, 0.717) is 0 Å². The van der Waals surface area contributed by atoms with Crippen molar-refractivity contribution in [3.63, 3.8) is 0 Å².